The van der Waals surface area contributed by atoms with E-state index in [2.05, 4.69) is 53.1 Å². The summed E-state index contributed by atoms with van der Waals surface area (Å²) < 4.78 is 0. The lowest BCUT2D eigenvalue weighted by Crippen LogP contribution is -2.29. The van der Waals surface area contributed by atoms with Gasteiger partial charge in [0.25, 0.3) is 0 Å². The Balaban J connectivity index is 1.79. The van der Waals surface area contributed by atoms with Crippen LogP contribution in [0.4, 0.5) is 5.69 Å². The molecular formula is C15H18N2. The molecule has 3 rings (SSSR count). The highest BCUT2D eigenvalue weighted by Crippen LogP contribution is 2.23. The number of nitrogens with one attached hydrogen (secondary N) is 2. The maximum Gasteiger partial charge on any atom is 0.0420 e. The van der Waals surface area contributed by atoms with Crippen LogP contribution in [0.25, 0.3) is 10.8 Å². The normalized spacial score (nSPS) is 19.6. The van der Waals surface area contributed by atoms with Gasteiger partial charge in [0.15, 0.2) is 0 Å². The van der Waals surface area contributed by atoms with Crippen LogP contribution in [0.5, 0.6) is 0 Å². The van der Waals surface area contributed by atoms with Crippen molar-refractivity contribution in [2.45, 2.75) is 18.9 Å². The summed E-state index contributed by atoms with van der Waals surface area (Å²) in [6, 6.07) is 15.6. The highest BCUT2D eigenvalue weighted by atomic mass is 15.0. The number of hydrogen-bond donors (Lipinski definition) is 2. The number of fused-ring (bicyclic) bond motifs is 1. The summed E-state index contributed by atoms with van der Waals surface area (Å²) in [7, 11) is 0. The summed E-state index contributed by atoms with van der Waals surface area (Å²) in [4.78, 5) is 0. The van der Waals surface area contributed by atoms with E-state index in [9.17, 15) is 0 Å². The second-order valence-electron chi connectivity index (χ2n) is 4.70. The quantitative estimate of drug-likeness (QED) is 0.840. The molecule has 1 aliphatic heterocycles. The Morgan fingerprint density at radius 3 is 2.88 bits per heavy atom. The van der Waals surface area contributed by atoms with Crippen molar-refractivity contribution in [2.75, 3.05) is 18.4 Å². The standard InChI is InChI=1S/C15H18N2/c1-2-8-14-12(5-1)6-3-9-15(14)17-11-13-7-4-10-16-13/h1-3,5-6,8-9,13,16-17H,4,7,10-11H2. The molecule has 88 valence electrons. The van der Waals surface area contributed by atoms with Gasteiger partial charge in [0.2, 0.25) is 0 Å². The van der Waals surface area contributed by atoms with Gasteiger partial charge in [-0.3, -0.25) is 0 Å². The van der Waals surface area contributed by atoms with Gasteiger partial charge >= 0.3 is 0 Å². The van der Waals surface area contributed by atoms with Crippen molar-refractivity contribution in [3.8, 4) is 0 Å². The molecule has 0 saturated carbocycles. The molecule has 1 atom stereocenters. The lowest BCUT2D eigenvalue weighted by Gasteiger charge is -2.14. The van der Waals surface area contributed by atoms with Crippen LogP contribution in [0.3, 0.4) is 0 Å². The maximum atomic E-state index is 3.57. The van der Waals surface area contributed by atoms with Gasteiger partial charge in [-0.1, -0.05) is 36.4 Å². The zero-order valence-electron chi connectivity index (χ0n) is 9.95. The predicted octanol–water partition coefficient (Wildman–Crippen LogP) is 3.00. The first-order valence-corrected chi connectivity index (χ1v) is 6.38. The molecule has 0 aliphatic carbocycles. The molecule has 2 heteroatoms. The maximum absolute atomic E-state index is 3.57. The topological polar surface area (TPSA) is 24.1 Å². The van der Waals surface area contributed by atoms with Crippen molar-refractivity contribution < 1.29 is 0 Å². The highest BCUT2D eigenvalue weighted by molar-refractivity contribution is 5.93. The molecule has 2 nitrogen and oxygen atoms in total. The summed E-state index contributed by atoms with van der Waals surface area (Å²) in [5, 5.41) is 9.70. The number of benzene rings is 2. The van der Waals surface area contributed by atoms with Gasteiger partial charge in [-0.2, -0.15) is 0 Å². The number of hydrogen-bond acceptors (Lipinski definition) is 2. The lowest BCUT2D eigenvalue weighted by atomic mass is 10.1. The van der Waals surface area contributed by atoms with Crippen molar-refractivity contribution in [1.29, 1.82) is 0 Å². The molecule has 2 aromatic carbocycles. The Morgan fingerprint density at radius 1 is 1.12 bits per heavy atom. The van der Waals surface area contributed by atoms with Crippen LogP contribution in [0, 0.1) is 0 Å². The molecule has 1 heterocycles. The van der Waals surface area contributed by atoms with E-state index < -0.39 is 0 Å². The summed E-state index contributed by atoms with van der Waals surface area (Å²) in [6.45, 7) is 2.19. The van der Waals surface area contributed by atoms with Gasteiger partial charge in [0, 0.05) is 23.7 Å². The zero-order chi connectivity index (χ0) is 11.5. The van der Waals surface area contributed by atoms with Crippen LogP contribution in [-0.2, 0) is 0 Å². The van der Waals surface area contributed by atoms with Gasteiger partial charge in [-0.15, -0.1) is 0 Å². The zero-order valence-corrected chi connectivity index (χ0v) is 9.95. The van der Waals surface area contributed by atoms with E-state index in [0.717, 1.165) is 6.54 Å². The molecule has 1 aliphatic rings. The van der Waals surface area contributed by atoms with Crippen molar-refractivity contribution in [3.05, 3.63) is 42.5 Å². The molecule has 0 amide bonds. The molecular weight excluding hydrogens is 208 g/mol. The van der Waals surface area contributed by atoms with E-state index in [1.807, 2.05) is 0 Å². The van der Waals surface area contributed by atoms with E-state index in [0.29, 0.717) is 6.04 Å². The fraction of sp³-hybridized carbons (Fsp3) is 0.333. The van der Waals surface area contributed by atoms with Crippen molar-refractivity contribution >= 4 is 16.5 Å². The van der Waals surface area contributed by atoms with E-state index in [1.54, 1.807) is 0 Å². The van der Waals surface area contributed by atoms with E-state index >= 15 is 0 Å². The smallest absolute Gasteiger partial charge is 0.0420 e. The molecule has 2 N–H and O–H groups in total. The second-order valence-corrected chi connectivity index (χ2v) is 4.70. The first-order valence-electron chi connectivity index (χ1n) is 6.38. The Bertz CT molecular complexity index is 496. The number of anilines is 1. The van der Waals surface area contributed by atoms with Crippen LogP contribution in [0.1, 0.15) is 12.8 Å². The first kappa shape index (κ1) is 10.6. The molecule has 0 radical (unpaired) electrons. The molecule has 0 bridgehead atoms. The molecule has 2 aromatic rings. The van der Waals surface area contributed by atoms with Gasteiger partial charge in [0.05, 0.1) is 0 Å². The minimum Gasteiger partial charge on any atom is -0.383 e. The average molecular weight is 226 g/mol. The second kappa shape index (κ2) is 4.76. The third kappa shape index (κ3) is 2.27. The summed E-state index contributed by atoms with van der Waals surface area (Å²) in [6.07, 6.45) is 2.60. The van der Waals surface area contributed by atoms with Crippen molar-refractivity contribution in [3.63, 3.8) is 0 Å². The molecule has 1 fully saturated rings. The van der Waals surface area contributed by atoms with Gasteiger partial charge in [-0.05, 0) is 30.8 Å². The van der Waals surface area contributed by atoms with Crippen LogP contribution in [0.15, 0.2) is 42.5 Å². The monoisotopic (exact) mass is 226 g/mol. The minimum absolute atomic E-state index is 0.633. The van der Waals surface area contributed by atoms with E-state index in [1.165, 1.54) is 35.8 Å². The van der Waals surface area contributed by atoms with Crippen LogP contribution in [0.2, 0.25) is 0 Å². The predicted molar refractivity (Wildman–Crippen MR) is 73.5 cm³/mol. The Kier molecular flexibility index (Phi) is 2.97. The summed E-state index contributed by atoms with van der Waals surface area (Å²) in [5.74, 6) is 0. The SMILES string of the molecule is c1ccc2c(NCC3CCCN3)cccc2c1. The van der Waals surface area contributed by atoms with Crippen LogP contribution < -0.4 is 10.6 Å². The molecule has 0 spiro atoms. The van der Waals surface area contributed by atoms with Crippen LogP contribution >= 0.6 is 0 Å². The average Bonchev–Trinajstić information content (AvgIpc) is 2.89. The Morgan fingerprint density at radius 2 is 2.00 bits per heavy atom. The molecule has 1 unspecified atom stereocenters. The molecule has 17 heavy (non-hydrogen) atoms. The third-order valence-electron chi connectivity index (χ3n) is 3.49. The van der Waals surface area contributed by atoms with Crippen LogP contribution in [-0.4, -0.2) is 19.1 Å². The Labute approximate surface area is 102 Å². The van der Waals surface area contributed by atoms with Gasteiger partial charge < -0.3 is 10.6 Å². The lowest BCUT2D eigenvalue weighted by molar-refractivity contribution is 0.634. The first-order chi connectivity index (χ1) is 8.43. The van der Waals surface area contributed by atoms with Gasteiger partial charge in [0.1, 0.15) is 0 Å². The van der Waals surface area contributed by atoms with E-state index in [4.69, 9.17) is 0 Å². The number of rotatable bonds is 3. The van der Waals surface area contributed by atoms with E-state index in [-0.39, 0.29) is 0 Å². The molecule has 0 aromatic heterocycles. The van der Waals surface area contributed by atoms with Crippen molar-refractivity contribution in [2.24, 2.45) is 0 Å². The highest BCUT2D eigenvalue weighted by Gasteiger charge is 2.13. The largest absolute Gasteiger partial charge is 0.383 e. The summed E-state index contributed by atoms with van der Waals surface area (Å²) >= 11 is 0. The molecule has 1 saturated heterocycles. The Hall–Kier alpha value is -1.54. The fourth-order valence-corrected chi connectivity index (χ4v) is 2.54. The fourth-order valence-electron chi connectivity index (χ4n) is 2.54. The third-order valence-corrected chi connectivity index (χ3v) is 3.49. The summed E-state index contributed by atoms with van der Waals surface area (Å²) in [5.41, 5.74) is 1.25. The van der Waals surface area contributed by atoms with Crippen molar-refractivity contribution in [1.82, 2.24) is 5.32 Å². The van der Waals surface area contributed by atoms with Gasteiger partial charge in [-0.25, -0.2) is 0 Å². The minimum atomic E-state index is 0.633.